The van der Waals surface area contributed by atoms with Crippen LogP contribution in [0.4, 0.5) is 0 Å². The quantitative estimate of drug-likeness (QED) is 0.0405. The Bertz CT molecular complexity index is 3660. The first-order chi connectivity index (χ1) is 43.8. The molecule has 1 unspecified atom stereocenters. The number of carbonyl (C=O) groups is 6. The van der Waals surface area contributed by atoms with Gasteiger partial charge in [-0.1, -0.05) is 121 Å². The van der Waals surface area contributed by atoms with Crippen LogP contribution in [-0.2, 0) is 97.8 Å². The molecule has 0 spiro atoms. The lowest BCUT2D eigenvalue weighted by molar-refractivity contribution is -0.354. The van der Waals surface area contributed by atoms with E-state index in [-0.39, 0.29) is 66.3 Å². The van der Waals surface area contributed by atoms with Gasteiger partial charge in [0.1, 0.15) is 80.4 Å². The highest BCUT2D eigenvalue weighted by atomic mass is 16.8. The number of benzene rings is 6. The summed E-state index contributed by atoms with van der Waals surface area (Å²) in [7, 11) is 0. The predicted molar refractivity (Wildman–Crippen MR) is 317 cm³/mol. The highest BCUT2D eigenvalue weighted by Gasteiger charge is 2.57. The Labute approximate surface area is 521 Å². The maximum atomic E-state index is 15.5. The van der Waals surface area contributed by atoms with Crippen LogP contribution >= 0.6 is 0 Å². The van der Waals surface area contributed by atoms with Gasteiger partial charge >= 0.3 is 35.8 Å². The summed E-state index contributed by atoms with van der Waals surface area (Å²) < 4.78 is 91.4. The minimum atomic E-state index is -2.22. The largest absolute Gasteiger partial charge is 0.507 e. The smallest absolute Gasteiger partial charge is 0.303 e. The van der Waals surface area contributed by atoms with Gasteiger partial charge < -0.3 is 80.9 Å². The number of ether oxygens (including phenoxy) is 14. The third-order valence-electron chi connectivity index (χ3n) is 14.0. The van der Waals surface area contributed by atoms with Gasteiger partial charge in [-0.15, -0.1) is 0 Å². The molecule has 2 aliphatic heterocycles. The number of aromatic hydroxyl groups is 1. The maximum Gasteiger partial charge on any atom is 0.303 e. The summed E-state index contributed by atoms with van der Waals surface area (Å²) in [5, 5.41) is 24.0. The zero-order chi connectivity index (χ0) is 64.7. The summed E-state index contributed by atoms with van der Waals surface area (Å²) in [6, 6.07) is 42.5. The van der Waals surface area contributed by atoms with E-state index in [1.807, 2.05) is 121 Å². The molecule has 1 aromatic heterocycles. The second-order valence-electron chi connectivity index (χ2n) is 21.0. The molecule has 0 aliphatic carbocycles. The standard InChI is InChI=1S/C67H66O24/c1-37(68)77-35-53-60(90-67-65(86-42(6)73)64(85-41(5)72)61(83-39(3)70)54(89-67)36-78-38(2)69)63(84-40(4)71)57(76)66(88-53)91-62-56(75)55-49(74)29-48(79-31-43-19-11-7-12-20-43)30-50(55)87-58(62)47-27-51(80-32-44-21-13-8-14-22-44)59(82-34-46-25-17-10-18-26-46)52(28-47)81-33-45-23-15-9-16-24-45/h7-30,53-54,57,60-61,63-67,74,76H,31-36H2,1-6H3/t53-,54-,57-,60?,61+,63-,64+,65-,66+,67+/m1/s1. The Morgan fingerprint density at radius 1 is 0.462 bits per heavy atom. The second kappa shape index (κ2) is 30.5. The molecule has 2 saturated heterocycles. The Morgan fingerprint density at radius 2 is 0.890 bits per heavy atom. The summed E-state index contributed by atoms with van der Waals surface area (Å²) >= 11 is 0. The first-order valence-corrected chi connectivity index (χ1v) is 28.7. The monoisotopic (exact) mass is 1250 g/mol. The highest BCUT2D eigenvalue weighted by molar-refractivity contribution is 5.89. The summed E-state index contributed by atoms with van der Waals surface area (Å²) in [6.07, 6.45) is -18.6. The van der Waals surface area contributed by atoms with Gasteiger partial charge in [-0.2, -0.15) is 0 Å². The van der Waals surface area contributed by atoms with E-state index in [1.54, 1.807) is 0 Å². The number of fused-ring (bicyclic) bond motifs is 1. The van der Waals surface area contributed by atoms with E-state index in [0.717, 1.165) is 63.8 Å². The molecule has 9 rings (SSSR count). The molecule has 6 aromatic carbocycles. The van der Waals surface area contributed by atoms with Crippen LogP contribution < -0.4 is 29.1 Å². The van der Waals surface area contributed by atoms with Crippen LogP contribution in [0.25, 0.3) is 22.3 Å². The van der Waals surface area contributed by atoms with Crippen molar-refractivity contribution in [1.82, 2.24) is 0 Å². The van der Waals surface area contributed by atoms with Crippen molar-refractivity contribution in [2.24, 2.45) is 0 Å². The van der Waals surface area contributed by atoms with Crippen LogP contribution in [0, 0.1) is 0 Å². The number of phenols is 1. The van der Waals surface area contributed by atoms with Gasteiger partial charge in [0.2, 0.25) is 23.2 Å². The van der Waals surface area contributed by atoms with E-state index in [9.17, 15) is 39.0 Å². The lowest BCUT2D eigenvalue weighted by atomic mass is 9.96. The molecule has 24 heteroatoms. The molecule has 7 aromatic rings. The molecule has 0 amide bonds. The Hall–Kier alpha value is -10.0. The van der Waals surface area contributed by atoms with E-state index in [4.69, 9.17) is 70.7 Å². The van der Waals surface area contributed by atoms with E-state index < -0.39 is 133 Å². The van der Waals surface area contributed by atoms with Gasteiger partial charge in [0.15, 0.2) is 54.1 Å². The first kappa shape index (κ1) is 65.4. The van der Waals surface area contributed by atoms with E-state index in [1.165, 1.54) is 24.3 Å². The van der Waals surface area contributed by atoms with Crippen molar-refractivity contribution in [1.29, 1.82) is 0 Å². The van der Waals surface area contributed by atoms with Crippen LogP contribution in [0.15, 0.2) is 155 Å². The number of phenolic OH excluding ortho intramolecular Hbond substituents is 1. The summed E-state index contributed by atoms with van der Waals surface area (Å²) in [5.74, 6) is -6.90. The highest BCUT2D eigenvalue weighted by Crippen LogP contribution is 2.47. The van der Waals surface area contributed by atoms with E-state index in [0.29, 0.717) is 0 Å². The molecule has 24 nitrogen and oxygen atoms in total. The number of esters is 6. The average Bonchev–Trinajstić information content (AvgIpc) is 0.796. The van der Waals surface area contributed by atoms with Crippen LogP contribution in [0.1, 0.15) is 63.8 Å². The Balaban J connectivity index is 1.19. The average molecular weight is 1260 g/mol. The molecule has 10 atom stereocenters. The Kier molecular flexibility index (Phi) is 21.9. The number of hydrogen-bond donors (Lipinski definition) is 2. The molecule has 2 aliphatic rings. The number of carbonyl (C=O) groups excluding carboxylic acids is 6. The molecule has 0 radical (unpaired) electrons. The van der Waals surface area contributed by atoms with E-state index in [2.05, 4.69) is 0 Å². The van der Waals surface area contributed by atoms with E-state index >= 15 is 4.79 Å². The lowest BCUT2D eigenvalue weighted by Crippen LogP contribution is -2.67. The third kappa shape index (κ3) is 17.2. The molecule has 478 valence electrons. The number of hydrogen-bond acceptors (Lipinski definition) is 24. The van der Waals surface area contributed by atoms with Crippen LogP contribution in [-0.4, -0.2) is 121 Å². The fraction of sp³-hybridized carbons (Fsp3) is 0.328. The SMILES string of the molecule is CC(=O)OC[C@H]1O[C@@H](Oc2c(-c3cc(OCc4ccccc4)c(OCc4ccccc4)c(OCc4ccccc4)c3)oc3cc(OCc4ccccc4)cc(O)c3c2=O)[C@H](O)[C@@H](OC(C)=O)C1O[C@@H]1O[C@H](COC(C)=O)[C@H](OC(C)=O)[C@H](OC(C)=O)[C@H]1OC(C)=O. The molecule has 2 N–H and O–H groups in total. The van der Waals surface area contributed by atoms with Crippen molar-refractivity contribution in [3.05, 3.63) is 178 Å². The molecule has 0 bridgehead atoms. The van der Waals surface area contributed by atoms with Crippen molar-refractivity contribution in [2.45, 2.75) is 129 Å². The zero-order valence-corrected chi connectivity index (χ0v) is 50.2. The van der Waals surface area contributed by atoms with Crippen molar-refractivity contribution in [2.75, 3.05) is 13.2 Å². The number of rotatable bonds is 25. The Morgan fingerprint density at radius 3 is 1.37 bits per heavy atom. The van der Waals surface area contributed by atoms with Gasteiger partial charge in [-0.3, -0.25) is 33.6 Å². The minimum Gasteiger partial charge on any atom is -0.507 e. The zero-order valence-electron chi connectivity index (χ0n) is 50.2. The fourth-order valence-electron chi connectivity index (χ4n) is 10.0. The van der Waals surface area contributed by atoms with Gasteiger partial charge in [0, 0.05) is 59.2 Å². The molecule has 2 fully saturated rings. The third-order valence-corrected chi connectivity index (χ3v) is 14.0. The minimum absolute atomic E-state index is 0.00468. The van der Waals surface area contributed by atoms with Crippen LogP contribution in [0.5, 0.6) is 34.5 Å². The lowest BCUT2D eigenvalue weighted by Gasteiger charge is -2.48. The maximum absolute atomic E-state index is 15.5. The summed E-state index contributed by atoms with van der Waals surface area (Å²) in [6.45, 7) is 4.80. The van der Waals surface area contributed by atoms with Gasteiger partial charge in [-0.05, 0) is 34.4 Å². The summed E-state index contributed by atoms with van der Waals surface area (Å²) in [4.78, 5) is 91.8. The first-order valence-electron chi connectivity index (χ1n) is 28.7. The van der Waals surface area contributed by atoms with Crippen molar-refractivity contribution in [3.63, 3.8) is 0 Å². The van der Waals surface area contributed by atoms with Crippen molar-refractivity contribution < 1.29 is 110 Å². The number of aliphatic hydroxyl groups is 1. The van der Waals surface area contributed by atoms with Gasteiger partial charge in [0.25, 0.3) is 0 Å². The van der Waals surface area contributed by atoms with Gasteiger partial charge in [0.05, 0.1) is 0 Å². The van der Waals surface area contributed by atoms with Crippen molar-refractivity contribution in [3.8, 4) is 45.8 Å². The normalized spacial score (nSPS) is 21.0. The topological polar surface area (TPSA) is 302 Å². The molecule has 0 saturated carbocycles. The molecular weight excluding hydrogens is 1190 g/mol. The second-order valence-corrected chi connectivity index (χ2v) is 21.0. The molecule has 3 heterocycles. The summed E-state index contributed by atoms with van der Waals surface area (Å²) in [5.41, 5.74) is 1.88. The molecule has 91 heavy (non-hydrogen) atoms. The van der Waals surface area contributed by atoms with Crippen molar-refractivity contribution >= 4 is 46.8 Å². The van der Waals surface area contributed by atoms with Crippen LogP contribution in [0.2, 0.25) is 0 Å². The fourth-order valence-corrected chi connectivity index (χ4v) is 10.0. The van der Waals surface area contributed by atoms with Gasteiger partial charge in [-0.25, -0.2) is 0 Å². The molecular formula is C67H66O24. The predicted octanol–water partition coefficient (Wildman–Crippen LogP) is 7.91. The van der Waals surface area contributed by atoms with Crippen LogP contribution in [0.3, 0.4) is 0 Å². The number of aliphatic hydroxyl groups excluding tert-OH is 1.